The van der Waals surface area contributed by atoms with Crippen molar-refractivity contribution in [3.05, 3.63) is 54.5 Å². The molecule has 202 valence electrons. The molecule has 0 spiro atoms. The molecule has 0 radical (unpaired) electrons. The van der Waals surface area contributed by atoms with E-state index in [4.69, 9.17) is 24.3 Å². The number of nitrogens with one attached hydrogen (secondary N) is 1. The van der Waals surface area contributed by atoms with Gasteiger partial charge in [-0.2, -0.15) is 10.4 Å². The van der Waals surface area contributed by atoms with E-state index in [0.29, 0.717) is 17.6 Å². The van der Waals surface area contributed by atoms with Gasteiger partial charge < -0.3 is 24.8 Å². The minimum absolute atomic E-state index is 0.146. The molecule has 3 heterocycles. The summed E-state index contributed by atoms with van der Waals surface area (Å²) in [6.45, 7) is 2.75. The van der Waals surface area contributed by atoms with Crippen molar-refractivity contribution in [2.45, 2.75) is 38.1 Å². The smallest absolute Gasteiger partial charge is 0.459 e. The molecule has 5 atom stereocenters. The Hall–Kier alpha value is -3.53. The third-order valence-corrected chi connectivity index (χ3v) is 7.71. The third kappa shape index (κ3) is 5.36. The van der Waals surface area contributed by atoms with Crippen LogP contribution in [0.2, 0.25) is 0 Å². The molecule has 14 heteroatoms. The van der Waals surface area contributed by atoms with Crippen LogP contribution in [0.1, 0.15) is 26.0 Å². The summed E-state index contributed by atoms with van der Waals surface area (Å²) in [6.07, 6.45) is -0.602. The number of nitriles is 1. The summed E-state index contributed by atoms with van der Waals surface area (Å²) in [5.41, 5.74) is 5.18. The molecule has 1 aliphatic rings. The van der Waals surface area contributed by atoms with Crippen molar-refractivity contribution in [2.24, 2.45) is 5.92 Å². The zero-order valence-corrected chi connectivity index (χ0v) is 21.8. The zero-order valence-electron chi connectivity index (χ0n) is 20.9. The normalized spacial score (nSPS) is 24.5. The van der Waals surface area contributed by atoms with Gasteiger partial charge in [-0.05, 0) is 37.6 Å². The van der Waals surface area contributed by atoms with E-state index in [-0.39, 0.29) is 18.2 Å². The molecular weight excluding hydrogens is 515 g/mol. The van der Waals surface area contributed by atoms with E-state index in [0.717, 1.165) is 0 Å². The van der Waals surface area contributed by atoms with Gasteiger partial charge in [0.15, 0.2) is 5.82 Å². The minimum Gasteiger partial charge on any atom is -0.465 e. The molecule has 1 unspecified atom stereocenters. The Morgan fingerprint density at radius 1 is 1.32 bits per heavy atom. The summed E-state index contributed by atoms with van der Waals surface area (Å²) < 4.78 is 37.3. The molecule has 38 heavy (non-hydrogen) atoms. The molecule has 1 aliphatic heterocycles. The van der Waals surface area contributed by atoms with Crippen LogP contribution >= 0.6 is 7.75 Å². The van der Waals surface area contributed by atoms with Gasteiger partial charge in [0.25, 0.3) is 0 Å². The van der Waals surface area contributed by atoms with Crippen molar-refractivity contribution < 1.29 is 33.0 Å². The van der Waals surface area contributed by atoms with Gasteiger partial charge in [0.1, 0.15) is 36.3 Å². The molecule has 0 bridgehead atoms. The molecule has 3 aromatic rings. The maximum Gasteiger partial charge on any atom is 0.459 e. The van der Waals surface area contributed by atoms with Crippen molar-refractivity contribution in [3.63, 3.8) is 0 Å². The fourth-order valence-corrected chi connectivity index (χ4v) is 5.75. The first-order valence-corrected chi connectivity index (χ1v) is 13.6. The number of para-hydroxylation sites is 1. The van der Waals surface area contributed by atoms with Gasteiger partial charge in [-0.3, -0.25) is 9.32 Å². The lowest BCUT2D eigenvalue weighted by molar-refractivity contribution is -0.141. The number of aliphatic hydroxyl groups excluding tert-OH is 1. The number of hydrogen-bond acceptors (Lipinski definition) is 11. The predicted octanol–water partition coefficient (Wildman–Crippen LogP) is 2.17. The van der Waals surface area contributed by atoms with E-state index in [9.17, 15) is 19.7 Å². The zero-order chi connectivity index (χ0) is 27.3. The highest BCUT2D eigenvalue weighted by Crippen LogP contribution is 2.49. The first-order valence-electron chi connectivity index (χ1n) is 12.0. The first kappa shape index (κ1) is 27.5. The minimum atomic E-state index is -4.15. The van der Waals surface area contributed by atoms with E-state index >= 15 is 0 Å². The summed E-state index contributed by atoms with van der Waals surface area (Å²) >= 11 is 0. The Kier molecular flexibility index (Phi) is 8.30. The molecule has 1 fully saturated rings. The molecular formula is C24H29N6O7P. The number of fused-ring (bicyclic) bond motifs is 1. The topological polar surface area (TPSA) is 183 Å². The Bertz CT molecular complexity index is 1360. The number of ether oxygens (including phenoxy) is 2. The Labute approximate surface area is 219 Å². The number of carbonyl (C=O) groups excluding carboxylic acids is 1. The van der Waals surface area contributed by atoms with Gasteiger partial charge in [-0.25, -0.2) is 19.2 Å². The summed E-state index contributed by atoms with van der Waals surface area (Å²) in [7, 11) is -4.15. The largest absolute Gasteiger partial charge is 0.465 e. The van der Waals surface area contributed by atoms with E-state index < -0.39 is 50.6 Å². The molecule has 4 rings (SSSR count). The van der Waals surface area contributed by atoms with Crippen molar-refractivity contribution in [1.29, 1.82) is 5.26 Å². The number of anilines is 1. The molecule has 1 aromatic carbocycles. The highest BCUT2D eigenvalue weighted by atomic mass is 31.2. The second-order valence-electron chi connectivity index (χ2n) is 8.51. The van der Waals surface area contributed by atoms with Crippen LogP contribution < -0.4 is 15.3 Å². The van der Waals surface area contributed by atoms with Crippen LogP contribution in [0.25, 0.3) is 5.52 Å². The molecule has 0 aliphatic carbocycles. The van der Waals surface area contributed by atoms with Crippen LogP contribution in [-0.2, 0) is 29.0 Å². The average molecular weight is 545 g/mol. The quantitative estimate of drug-likeness (QED) is 0.237. The SMILES string of the molecule is CCOC(=O)CNP(=O)(OC[C@H]1O[C@@](C#N)(c2ccc3c(N)ncnn23)[C@@H](CC)[C@@H]1O)Oc1ccccc1. The fourth-order valence-electron chi connectivity index (χ4n) is 4.48. The van der Waals surface area contributed by atoms with Crippen LogP contribution in [0.4, 0.5) is 5.82 Å². The molecule has 4 N–H and O–H groups in total. The average Bonchev–Trinajstić information content (AvgIpc) is 3.47. The van der Waals surface area contributed by atoms with Gasteiger partial charge in [0.05, 0.1) is 25.0 Å². The van der Waals surface area contributed by atoms with Crippen molar-refractivity contribution in [1.82, 2.24) is 19.7 Å². The molecule has 13 nitrogen and oxygen atoms in total. The first-order chi connectivity index (χ1) is 18.3. The van der Waals surface area contributed by atoms with Crippen LogP contribution in [0, 0.1) is 17.2 Å². The van der Waals surface area contributed by atoms with E-state index in [1.54, 1.807) is 49.4 Å². The van der Waals surface area contributed by atoms with E-state index in [2.05, 4.69) is 21.2 Å². The van der Waals surface area contributed by atoms with Crippen LogP contribution in [0.3, 0.4) is 0 Å². The van der Waals surface area contributed by atoms with Gasteiger partial charge in [0.2, 0.25) is 5.60 Å². The van der Waals surface area contributed by atoms with Crippen LogP contribution in [0.15, 0.2) is 48.8 Å². The lowest BCUT2D eigenvalue weighted by Crippen LogP contribution is -2.35. The van der Waals surface area contributed by atoms with Crippen molar-refractivity contribution >= 4 is 25.1 Å². The number of carbonyl (C=O) groups is 1. The van der Waals surface area contributed by atoms with Crippen molar-refractivity contribution in [2.75, 3.05) is 25.5 Å². The maximum atomic E-state index is 13.6. The van der Waals surface area contributed by atoms with Crippen LogP contribution in [0.5, 0.6) is 5.75 Å². The highest BCUT2D eigenvalue weighted by Gasteiger charge is 2.57. The Balaban J connectivity index is 1.59. The fraction of sp³-hybridized carbons (Fsp3) is 0.417. The Morgan fingerprint density at radius 2 is 2.08 bits per heavy atom. The lowest BCUT2D eigenvalue weighted by atomic mass is 9.81. The number of esters is 1. The summed E-state index contributed by atoms with van der Waals surface area (Å²) in [6, 6.07) is 13.8. The molecule has 0 saturated carbocycles. The maximum absolute atomic E-state index is 13.6. The predicted molar refractivity (Wildman–Crippen MR) is 135 cm³/mol. The molecule has 1 saturated heterocycles. The number of benzene rings is 1. The van der Waals surface area contributed by atoms with E-state index in [1.807, 2.05) is 6.92 Å². The Morgan fingerprint density at radius 3 is 2.76 bits per heavy atom. The third-order valence-electron chi connectivity index (χ3n) is 6.22. The van der Waals surface area contributed by atoms with Gasteiger partial charge in [0, 0.05) is 5.92 Å². The van der Waals surface area contributed by atoms with E-state index in [1.165, 1.54) is 10.8 Å². The van der Waals surface area contributed by atoms with Gasteiger partial charge >= 0.3 is 13.7 Å². The number of rotatable bonds is 11. The highest BCUT2D eigenvalue weighted by molar-refractivity contribution is 7.52. The van der Waals surface area contributed by atoms with Gasteiger partial charge in [-0.15, -0.1) is 0 Å². The molecule has 2 aromatic heterocycles. The lowest BCUT2D eigenvalue weighted by Gasteiger charge is -2.27. The van der Waals surface area contributed by atoms with Crippen molar-refractivity contribution in [3.8, 4) is 11.8 Å². The van der Waals surface area contributed by atoms with Gasteiger partial charge in [-0.1, -0.05) is 25.1 Å². The van der Waals surface area contributed by atoms with Crippen LogP contribution in [-0.4, -0.2) is 57.6 Å². The summed E-state index contributed by atoms with van der Waals surface area (Å²) in [4.78, 5) is 15.8. The second kappa shape index (κ2) is 11.5. The second-order valence-corrected chi connectivity index (χ2v) is 10.3. The summed E-state index contributed by atoms with van der Waals surface area (Å²) in [5.74, 6) is -0.884. The number of aliphatic hydroxyl groups is 1. The number of hydrogen-bond donors (Lipinski definition) is 3. The standard InChI is InChI=1S/C24H29N6O7P/c1-3-17-22(32)19(36-24(17,14-25)20-11-10-18-23(26)27-15-28-30(18)20)13-35-38(33,29-12-21(31)34-4-2)37-16-8-6-5-7-9-16/h5-11,15,17,19,22,32H,3-4,12-13H2,1-2H3,(H,29,33)(H2,26,27,28)/t17-,19+,22-,24+,38?/m0/s1. The summed E-state index contributed by atoms with van der Waals surface area (Å²) in [5, 5.41) is 28.2. The molecule has 0 amide bonds. The number of nitrogen functional groups attached to an aromatic ring is 1. The monoisotopic (exact) mass is 544 g/mol. The number of nitrogens with zero attached hydrogens (tertiary/aromatic N) is 4. The number of nitrogens with two attached hydrogens (primary N) is 1. The number of aromatic nitrogens is 3.